The summed E-state index contributed by atoms with van der Waals surface area (Å²) in [6.45, 7) is 0.927. The van der Waals surface area contributed by atoms with Gasteiger partial charge in [-0.1, -0.05) is 50.3 Å². The van der Waals surface area contributed by atoms with E-state index in [2.05, 4.69) is 22.8 Å². The summed E-state index contributed by atoms with van der Waals surface area (Å²) >= 11 is 0. The number of hydrogen-bond acceptors (Lipinski definition) is 6. The minimum absolute atomic E-state index is 0.120. The number of rotatable bonds is 13. The standard InChI is InChI=1S/C28H34N3O5/c1-35-24-16-12-15-23-28(24)29-21-13-9-10-14-22(21)30(23)20-11-7-5-3-2-4-6-8-17-27(34)36-31-25(32)18-19-26(31)33/h9-10,12-16H,2-8,11,17-20H2,1H3/q+1. The average molecular weight is 493 g/mol. The molecule has 1 saturated heterocycles. The zero-order valence-corrected chi connectivity index (χ0v) is 20.9. The summed E-state index contributed by atoms with van der Waals surface area (Å²) in [6, 6.07) is 14.3. The van der Waals surface area contributed by atoms with Crippen LogP contribution in [0, 0.1) is 0 Å². The minimum Gasteiger partial charge on any atom is -0.494 e. The van der Waals surface area contributed by atoms with Gasteiger partial charge in [-0.15, -0.1) is 5.06 Å². The zero-order chi connectivity index (χ0) is 25.3. The van der Waals surface area contributed by atoms with E-state index in [0.717, 1.165) is 72.9 Å². The van der Waals surface area contributed by atoms with Crippen molar-refractivity contribution < 1.29 is 28.5 Å². The maximum absolute atomic E-state index is 11.8. The molecule has 8 heteroatoms. The molecule has 4 rings (SSSR count). The lowest BCUT2D eigenvalue weighted by Crippen LogP contribution is -2.36. The summed E-state index contributed by atoms with van der Waals surface area (Å²) in [6.07, 6.45) is 8.87. The van der Waals surface area contributed by atoms with Gasteiger partial charge in [-0.05, 0) is 25.0 Å². The van der Waals surface area contributed by atoms with E-state index >= 15 is 0 Å². The fraction of sp³-hybridized carbons (Fsp3) is 0.464. The molecule has 1 aromatic heterocycles. The van der Waals surface area contributed by atoms with Crippen molar-refractivity contribution in [3.63, 3.8) is 0 Å². The zero-order valence-electron chi connectivity index (χ0n) is 20.9. The predicted octanol–water partition coefficient (Wildman–Crippen LogP) is 4.80. The number of hydroxylamine groups is 2. The number of nitrogens with zero attached hydrogens (tertiary/aromatic N) is 3. The molecule has 0 aliphatic carbocycles. The maximum Gasteiger partial charge on any atom is 0.333 e. The van der Waals surface area contributed by atoms with E-state index in [4.69, 9.17) is 14.6 Å². The van der Waals surface area contributed by atoms with Crippen molar-refractivity contribution in [2.75, 3.05) is 7.11 Å². The minimum atomic E-state index is -0.509. The lowest BCUT2D eigenvalue weighted by Gasteiger charge is -2.12. The summed E-state index contributed by atoms with van der Waals surface area (Å²) in [4.78, 5) is 44.5. The third-order valence-corrected chi connectivity index (χ3v) is 6.60. The Morgan fingerprint density at radius 3 is 2.22 bits per heavy atom. The SMILES string of the molecule is COc1cccc2c1nc1ccccc1[n+]2CCCCCCCCCCC(=O)ON1C(=O)CCC1=O. The molecule has 2 amide bonds. The molecule has 0 N–H and O–H groups in total. The van der Waals surface area contributed by atoms with Gasteiger partial charge in [0.1, 0.15) is 12.1 Å². The Balaban J connectivity index is 1.15. The van der Waals surface area contributed by atoms with Gasteiger partial charge in [0, 0.05) is 37.8 Å². The fourth-order valence-electron chi connectivity index (χ4n) is 4.69. The van der Waals surface area contributed by atoms with Gasteiger partial charge < -0.3 is 9.57 Å². The molecule has 0 spiro atoms. The lowest BCUT2D eigenvalue weighted by molar-refractivity contribution is -0.646. The number of para-hydroxylation sites is 3. The average Bonchev–Trinajstić information content (AvgIpc) is 3.20. The van der Waals surface area contributed by atoms with Gasteiger partial charge in [-0.2, -0.15) is 4.57 Å². The smallest absolute Gasteiger partial charge is 0.333 e. The normalized spacial score (nSPS) is 13.6. The van der Waals surface area contributed by atoms with E-state index in [-0.39, 0.29) is 19.3 Å². The number of imide groups is 1. The first kappa shape index (κ1) is 25.5. The van der Waals surface area contributed by atoms with Gasteiger partial charge in [0.25, 0.3) is 11.8 Å². The van der Waals surface area contributed by atoms with Crippen LogP contribution in [-0.2, 0) is 25.8 Å². The monoisotopic (exact) mass is 492 g/mol. The maximum atomic E-state index is 11.8. The third kappa shape index (κ3) is 6.17. The first-order valence-electron chi connectivity index (χ1n) is 12.9. The molecule has 0 atom stereocenters. The Labute approximate surface area is 211 Å². The molecule has 1 fully saturated rings. The van der Waals surface area contributed by atoms with E-state index in [1.54, 1.807) is 7.11 Å². The van der Waals surface area contributed by atoms with Gasteiger partial charge >= 0.3 is 5.97 Å². The Bertz CT molecular complexity index is 1230. The van der Waals surface area contributed by atoms with Crippen LogP contribution in [-0.4, -0.2) is 34.9 Å². The largest absolute Gasteiger partial charge is 0.494 e. The number of carbonyl (C=O) groups excluding carboxylic acids is 3. The van der Waals surface area contributed by atoms with Crippen LogP contribution >= 0.6 is 0 Å². The van der Waals surface area contributed by atoms with Crippen LogP contribution < -0.4 is 9.30 Å². The van der Waals surface area contributed by atoms with E-state index < -0.39 is 17.8 Å². The molecule has 8 nitrogen and oxygen atoms in total. The number of hydrogen-bond donors (Lipinski definition) is 0. The van der Waals surface area contributed by atoms with Crippen LogP contribution in [0.25, 0.3) is 22.1 Å². The highest BCUT2D eigenvalue weighted by Gasteiger charge is 2.32. The van der Waals surface area contributed by atoms with E-state index in [1.165, 1.54) is 6.42 Å². The summed E-state index contributed by atoms with van der Waals surface area (Å²) in [7, 11) is 1.68. The molecular formula is C28H34N3O5+. The van der Waals surface area contributed by atoms with E-state index in [1.807, 2.05) is 24.3 Å². The van der Waals surface area contributed by atoms with Crippen molar-refractivity contribution in [2.45, 2.75) is 77.2 Å². The number of unbranched alkanes of at least 4 members (excludes halogenated alkanes) is 7. The number of fused-ring (bicyclic) bond motifs is 2. The number of methoxy groups -OCH3 is 1. The number of ether oxygens (including phenoxy) is 1. The van der Waals surface area contributed by atoms with Crippen LogP contribution in [0.2, 0.25) is 0 Å². The van der Waals surface area contributed by atoms with Gasteiger partial charge in [-0.3, -0.25) is 9.59 Å². The summed E-state index contributed by atoms with van der Waals surface area (Å²) in [5.74, 6) is -0.586. The number of benzene rings is 2. The molecule has 0 saturated carbocycles. The molecule has 2 heterocycles. The molecular weight excluding hydrogens is 458 g/mol. The van der Waals surface area contributed by atoms with Crippen LogP contribution in [0.4, 0.5) is 0 Å². The van der Waals surface area contributed by atoms with Crippen LogP contribution in [0.5, 0.6) is 5.75 Å². The van der Waals surface area contributed by atoms with Gasteiger partial charge in [0.05, 0.1) is 7.11 Å². The second-order valence-corrected chi connectivity index (χ2v) is 9.20. The Hall–Kier alpha value is -3.55. The highest BCUT2D eigenvalue weighted by molar-refractivity contribution is 6.01. The first-order valence-corrected chi connectivity index (χ1v) is 12.9. The lowest BCUT2D eigenvalue weighted by atomic mass is 10.1. The van der Waals surface area contributed by atoms with Gasteiger partial charge in [-0.25, -0.2) is 9.78 Å². The predicted molar refractivity (Wildman–Crippen MR) is 135 cm³/mol. The highest BCUT2D eigenvalue weighted by Crippen LogP contribution is 2.24. The number of carbonyl (C=O) groups is 3. The molecule has 0 radical (unpaired) electrons. The Kier molecular flexibility index (Phi) is 8.81. The molecule has 190 valence electrons. The van der Waals surface area contributed by atoms with Crippen molar-refractivity contribution in [1.29, 1.82) is 0 Å². The van der Waals surface area contributed by atoms with E-state index in [0.29, 0.717) is 11.5 Å². The highest BCUT2D eigenvalue weighted by atomic mass is 16.7. The topological polar surface area (TPSA) is 89.7 Å². The van der Waals surface area contributed by atoms with Crippen molar-refractivity contribution in [3.05, 3.63) is 42.5 Å². The quantitative estimate of drug-likeness (QED) is 0.147. The van der Waals surface area contributed by atoms with Crippen molar-refractivity contribution in [1.82, 2.24) is 10.0 Å². The summed E-state index contributed by atoms with van der Waals surface area (Å²) in [5, 5.41) is 0.620. The summed E-state index contributed by atoms with van der Waals surface area (Å²) in [5.41, 5.74) is 4.08. The van der Waals surface area contributed by atoms with Crippen molar-refractivity contribution >= 4 is 39.9 Å². The van der Waals surface area contributed by atoms with E-state index in [9.17, 15) is 14.4 Å². The van der Waals surface area contributed by atoms with Gasteiger partial charge in [0.15, 0.2) is 11.3 Å². The van der Waals surface area contributed by atoms with Crippen molar-refractivity contribution in [2.24, 2.45) is 0 Å². The molecule has 2 aromatic carbocycles. The number of aromatic nitrogens is 2. The summed E-state index contributed by atoms with van der Waals surface area (Å²) < 4.78 is 7.90. The fourth-order valence-corrected chi connectivity index (χ4v) is 4.69. The molecule has 0 bridgehead atoms. The van der Waals surface area contributed by atoms with Crippen LogP contribution in [0.15, 0.2) is 42.5 Å². The first-order chi connectivity index (χ1) is 17.6. The Morgan fingerprint density at radius 2 is 1.50 bits per heavy atom. The second-order valence-electron chi connectivity index (χ2n) is 9.20. The number of aryl methyl sites for hydroxylation is 1. The molecule has 0 unspecified atom stereocenters. The molecule has 1 aliphatic rings. The van der Waals surface area contributed by atoms with Gasteiger partial charge in [0.2, 0.25) is 11.0 Å². The molecule has 36 heavy (non-hydrogen) atoms. The van der Waals surface area contributed by atoms with Crippen molar-refractivity contribution in [3.8, 4) is 5.75 Å². The second kappa shape index (κ2) is 12.4. The number of amides is 2. The Morgan fingerprint density at radius 1 is 0.861 bits per heavy atom. The van der Waals surface area contributed by atoms with Crippen LogP contribution in [0.3, 0.4) is 0 Å². The van der Waals surface area contributed by atoms with Crippen LogP contribution in [0.1, 0.15) is 70.6 Å². The third-order valence-electron chi connectivity index (χ3n) is 6.60. The molecule has 1 aliphatic heterocycles. The molecule has 3 aromatic rings.